The topological polar surface area (TPSA) is 64.1 Å². The highest BCUT2D eigenvalue weighted by atomic mass is 19.1. The van der Waals surface area contributed by atoms with E-state index in [1.54, 1.807) is 18.3 Å². The van der Waals surface area contributed by atoms with Crippen LogP contribution in [0, 0.1) is 12.7 Å². The van der Waals surface area contributed by atoms with Crippen molar-refractivity contribution in [1.29, 1.82) is 0 Å². The maximum absolute atomic E-state index is 12.7. The summed E-state index contributed by atoms with van der Waals surface area (Å²) < 4.78 is 18.2. The molecule has 1 amide bonds. The van der Waals surface area contributed by atoms with Gasteiger partial charge in [0.1, 0.15) is 17.3 Å². The van der Waals surface area contributed by atoms with Crippen molar-refractivity contribution < 1.29 is 13.9 Å². The molecule has 0 aliphatic rings. The van der Waals surface area contributed by atoms with Gasteiger partial charge in [-0.2, -0.15) is 0 Å². The lowest BCUT2D eigenvalue weighted by molar-refractivity contribution is 0.0947. The highest BCUT2D eigenvalue weighted by molar-refractivity contribution is 5.91. The van der Waals surface area contributed by atoms with E-state index in [-0.39, 0.29) is 11.7 Å². The second kappa shape index (κ2) is 8.07. The number of rotatable bonds is 7. The number of nitrogens with one attached hydrogen (secondary N) is 1. The van der Waals surface area contributed by atoms with Gasteiger partial charge in [-0.25, -0.2) is 9.37 Å². The summed E-state index contributed by atoms with van der Waals surface area (Å²) in [6.07, 6.45) is 4.59. The van der Waals surface area contributed by atoms with Crippen molar-refractivity contribution in [2.45, 2.75) is 19.8 Å². The van der Waals surface area contributed by atoms with E-state index in [1.165, 1.54) is 18.3 Å². The molecule has 0 aliphatic carbocycles. The summed E-state index contributed by atoms with van der Waals surface area (Å²) >= 11 is 0. The van der Waals surface area contributed by atoms with E-state index in [0.29, 0.717) is 24.6 Å². The molecule has 1 heterocycles. The molecule has 0 spiro atoms. The number of carbonyl (C=O) groups excluding carboxylic acids is 1. The van der Waals surface area contributed by atoms with Crippen LogP contribution in [0.3, 0.4) is 0 Å². The zero-order valence-electron chi connectivity index (χ0n) is 12.4. The average molecular weight is 303 g/mol. The molecule has 0 radical (unpaired) electrons. The third-order valence-electron chi connectivity index (χ3n) is 2.95. The first-order valence-electron chi connectivity index (χ1n) is 7.10. The molecule has 0 unspecified atom stereocenters. The Balaban J connectivity index is 1.60. The number of aryl methyl sites for hydroxylation is 1. The monoisotopic (exact) mass is 303 g/mol. The van der Waals surface area contributed by atoms with Crippen LogP contribution in [0.15, 0.2) is 36.7 Å². The standard InChI is InChI=1S/C16H18FN3O2/c1-12-10-20-15(11-19-12)16(21)18-8-2-3-9-22-14-6-4-13(17)5-7-14/h4-7,10-11H,2-3,8-9H2,1H3,(H,18,21). The number of benzene rings is 1. The Hall–Kier alpha value is -2.50. The van der Waals surface area contributed by atoms with Crippen molar-refractivity contribution in [2.24, 2.45) is 0 Å². The zero-order chi connectivity index (χ0) is 15.8. The second-order valence-electron chi connectivity index (χ2n) is 4.81. The summed E-state index contributed by atoms with van der Waals surface area (Å²) in [4.78, 5) is 19.8. The predicted octanol–water partition coefficient (Wildman–Crippen LogP) is 2.51. The fourth-order valence-corrected chi connectivity index (χ4v) is 1.75. The number of ether oxygens (including phenoxy) is 1. The SMILES string of the molecule is Cc1cnc(C(=O)NCCCCOc2ccc(F)cc2)cn1. The summed E-state index contributed by atoms with van der Waals surface area (Å²) in [5, 5.41) is 2.78. The Morgan fingerprint density at radius 2 is 1.95 bits per heavy atom. The lowest BCUT2D eigenvalue weighted by Gasteiger charge is -2.07. The largest absolute Gasteiger partial charge is 0.494 e. The summed E-state index contributed by atoms with van der Waals surface area (Å²) in [5.74, 6) is 0.126. The molecule has 1 aromatic heterocycles. The first-order chi connectivity index (χ1) is 10.6. The molecule has 2 rings (SSSR count). The van der Waals surface area contributed by atoms with Crippen LogP contribution in [0.25, 0.3) is 0 Å². The number of unbranched alkanes of at least 4 members (excludes halogenated alkanes) is 1. The number of hydrogen-bond acceptors (Lipinski definition) is 4. The molecule has 5 nitrogen and oxygen atoms in total. The van der Waals surface area contributed by atoms with Crippen LogP contribution in [0.1, 0.15) is 29.0 Å². The normalized spacial score (nSPS) is 10.3. The van der Waals surface area contributed by atoms with Gasteiger partial charge in [0.15, 0.2) is 0 Å². The first kappa shape index (κ1) is 15.9. The van der Waals surface area contributed by atoms with Crippen LogP contribution in [0.2, 0.25) is 0 Å². The van der Waals surface area contributed by atoms with Gasteiger partial charge in [-0.1, -0.05) is 0 Å². The van der Waals surface area contributed by atoms with E-state index >= 15 is 0 Å². The minimum absolute atomic E-state index is 0.230. The summed E-state index contributed by atoms with van der Waals surface area (Å²) in [6, 6.07) is 5.90. The highest BCUT2D eigenvalue weighted by Crippen LogP contribution is 2.11. The number of nitrogens with zero attached hydrogens (tertiary/aromatic N) is 2. The van der Waals surface area contributed by atoms with E-state index in [9.17, 15) is 9.18 Å². The number of amides is 1. The van der Waals surface area contributed by atoms with Crippen LogP contribution in [-0.2, 0) is 0 Å². The number of hydrogen-bond donors (Lipinski definition) is 1. The van der Waals surface area contributed by atoms with Crippen molar-refractivity contribution >= 4 is 5.91 Å². The molecule has 2 aromatic rings. The fraction of sp³-hybridized carbons (Fsp3) is 0.312. The molecule has 1 N–H and O–H groups in total. The summed E-state index contributed by atoms with van der Waals surface area (Å²) in [6.45, 7) is 2.88. The van der Waals surface area contributed by atoms with Crippen molar-refractivity contribution in [3.63, 3.8) is 0 Å². The third-order valence-corrected chi connectivity index (χ3v) is 2.95. The molecular formula is C16H18FN3O2. The van der Waals surface area contributed by atoms with E-state index in [4.69, 9.17) is 4.74 Å². The molecule has 1 aromatic carbocycles. The minimum atomic E-state index is -0.283. The smallest absolute Gasteiger partial charge is 0.271 e. The Morgan fingerprint density at radius 1 is 1.18 bits per heavy atom. The number of halogens is 1. The number of carbonyl (C=O) groups is 1. The molecule has 6 heteroatoms. The van der Waals surface area contributed by atoms with Gasteiger partial charge in [0, 0.05) is 12.7 Å². The van der Waals surface area contributed by atoms with Crippen LogP contribution in [-0.4, -0.2) is 29.0 Å². The molecule has 0 bridgehead atoms. The Labute approximate surface area is 128 Å². The van der Waals surface area contributed by atoms with Crippen molar-refractivity contribution in [2.75, 3.05) is 13.2 Å². The number of aromatic nitrogens is 2. The summed E-state index contributed by atoms with van der Waals surface area (Å²) in [7, 11) is 0. The van der Waals surface area contributed by atoms with Gasteiger partial charge in [0.2, 0.25) is 0 Å². The van der Waals surface area contributed by atoms with Gasteiger partial charge < -0.3 is 10.1 Å². The van der Waals surface area contributed by atoms with Gasteiger partial charge in [-0.15, -0.1) is 0 Å². The molecular weight excluding hydrogens is 285 g/mol. The molecule has 0 fully saturated rings. The molecule has 116 valence electrons. The lowest BCUT2D eigenvalue weighted by atomic mass is 10.3. The predicted molar refractivity (Wildman–Crippen MR) is 80.2 cm³/mol. The molecule has 0 aliphatic heterocycles. The van der Waals surface area contributed by atoms with Gasteiger partial charge in [0.05, 0.1) is 18.5 Å². The molecule has 0 saturated heterocycles. The Morgan fingerprint density at radius 3 is 2.64 bits per heavy atom. The molecule has 0 saturated carbocycles. The van der Waals surface area contributed by atoms with E-state index in [0.717, 1.165) is 18.5 Å². The quantitative estimate of drug-likeness (QED) is 0.798. The molecule has 0 atom stereocenters. The van der Waals surface area contributed by atoms with Crippen molar-refractivity contribution in [1.82, 2.24) is 15.3 Å². The lowest BCUT2D eigenvalue weighted by Crippen LogP contribution is -2.25. The van der Waals surface area contributed by atoms with E-state index in [1.807, 2.05) is 6.92 Å². The van der Waals surface area contributed by atoms with E-state index in [2.05, 4.69) is 15.3 Å². The molecule has 22 heavy (non-hydrogen) atoms. The van der Waals surface area contributed by atoms with Crippen LogP contribution in [0.4, 0.5) is 4.39 Å². The van der Waals surface area contributed by atoms with E-state index < -0.39 is 0 Å². The Kier molecular flexibility index (Phi) is 5.82. The fourth-order valence-electron chi connectivity index (χ4n) is 1.75. The van der Waals surface area contributed by atoms with Crippen LogP contribution < -0.4 is 10.1 Å². The summed E-state index contributed by atoms with van der Waals surface area (Å²) in [5.41, 5.74) is 1.09. The van der Waals surface area contributed by atoms with Crippen molar-refractivity contribution in [3.05, 3.63) is 53.9 Å². The second-order valence-corrected chi connectivity index (χ2v) is 4.81. The third kappa shape index (κ3) is 5.12. The van der Waals surface area contributed by atoms with Crippen LogP contribution in [0.5, 0.6) is 5.75 Å². The maximum atomic E-state index is 12.7. The van der Waals surface area contributed by atoms with Gasteiger partial charge >= 0.3 is 0 Å². The van der Waals surface area contributed by atoms with Gasteiger partial charge in [-0.05, 0) is 44.0 Å². The zero-order valence-corrected chi connectivity index (χ0v) is 12.4. The first-order valence-corrected chi connectivity index (χ1v) is 7.10. The van der Waals surface area contributed by atoms with Gasteiger partial charge in [0.25, 0.3) is 5.91 Å². The Bertz CT molecular complexity index is 600. The van der Waals surface area contributed by atoms with Gasteiger partial charge in [-0.3, -0.25) is 9.78 Å². The highest BCUT2D eigenvalue weighted by Gasteiger charge is 2.06. The minimum Gasteiger partial charge on any atom is -0.494 e. The maximum Gasteiger partial charge on any atom is 0.271 e. The van der Waals surface area contributed by atoms with Crippen LogP contribution >= 0.6 is 0 Å². The average Bonchev–Trinajstić information content (AvgIpc) is 2.53. The van der Waals surface area contributed by atoms with Crippen molar-refractivity contribution in [3.8, 4) is 5.75 Å².